The molecule has 10 heteroatoms. The van der Waals surface area contributed by atoms with Crippen LogP contribution >= 0.6 is 0 Å². The second-order valence-electron chi connectivity index (χ2n) is 12.4. The van der Waals surface area contributed by atoms with Crippen LogP contribution in [-0.2, 0) is 31.0 Å². The molecule has 234 valence electrons. The van der Waals surface area contributed by atoms with Gasteiger partial charge in [-0.05, 0) is 87.8 Å². The Hall–Kier alpha value is -3.21. The van der Waals surface area contributed by atoms with Crippen molar-refractivity contribution in [2.75, 3.05) is 39.3 Å². The molecule has 10 nitrogen and oxygen atoms in total. The van der Waals surface area contributed by atoms with Gasteiger partial charge in [0, 0.05) is 50.5 Å². The van der Waals surface area contributed by atoms with Crippen LogP contribution < -0.4 is 4.74 Å². The molecule has 5 rings (SSSR count). The van der Waals surface area contributed by atoms with E-state index in [1.165, 1.54) is 58.3 Å². The SMILES string of the molecule is CCC(CC)N1CCC2(CCN(CCCn3ccnc3CN(Cc3ccc(OCC(=O)O)cc3)Cc3ncc[nH]3)C2)CC1. The van der Waals surface area contributed by atoms with Crippen molar-refractivity contribution in [1.29, 1.82) is 0 Å². The van der Waals surface area contributed by atoms with Crippen molar-refractivity contribution in [2.24, 2.45) is 5.41 Å². The quantitative estimate of drug-likeness (QED) is 0.249. The van der Waals surface area contributed by atoms with Crippen LogP contribution in [0.2, 0.25) is 0 Å². The first-order chi connectivity index (χ1) is 20.9. The number of aliphatic carboxylic acids is 1. The molecular weight excluding hydrogens is 542 g/mol. The maximum atomic E-state index is 10.8. The molecule has 2 fully saturated rings. The lowest BCUT2D eigenvalue weighted by Crippen LogP contribution is -2.45. The summed E-state index contributed by atoms with van der Waals surface area (Å²) in [5, 5.41) is 8.86. The highest BCUT2D eigenvalue weighted by Gasteiger charge is 2.40. The van der Waals surface area contributed by atoms with Crippen molar-refractivity contribution >= 4 is 5.97 Å². The Labute approximate surface area is 256 Å². The summed E-state index contributed by atoms with van der Waals surface area (Å²) in [6.45, 7) is 13.5. The molecule has 1 spiro atoms. The molecule has 2 N–H and O–H groups in total. The van der Waals surface area contributed by atoms with Gasteiger partial charge in [0.2, 0.25) is 0 Å². The number of carboxylic acid groups (broad SMARTS) is 1. The van der Waals surface area contributed by atoms with Gasteiger partial charge in [0.15, 0.2) is 6.61 Å². The second kappa shape index (κ2) is 15.0. The zero-order chi connectivity index (χ0) is 30.1. The molecule has 0 radical (unpaired) electrons. The van der Waals surface area contributed by atoms with Crippen LogP contribution in [0.1, 0.15) is 69.6 Å². The number of hydrogen-bond donors (Lipinski definition) is 2. The van der Waals surface area contributed by atoms with Crippen molar-refractivity contribution in [3.63, 3.8) is 0 Å². The van der Waals surface area contributed by atoms with Gasteiger partial charge in [-0.25, -0.2) is 14.8 Å². The highest BCUT2D eigenvalue weighted by molar-refractivity contribution is 5.68. The van der Waals surface area contributed by atoms with E-state index in [4.69, 9.17) is 14.8 Å². The number of hydrogen-bond acceptors (Lipinski definition) is 7. The van der Waals surface area contributed by atoms with Crippen molar-refractivity contribution in [3.8, 4) is 5.75 Å². The molecule has 43 heavy (non-hydrogen) atoms. The van der Waals surface area contributed by atoms with Gasteiger partial charge in [0.1, 0.15) is 17.4 Å². The largest absolute Gasteiger partial charge is 0.482 e. The van der Waals surface area contributed by atoms with Crippen LogP contribution in [0.5, 0.6) is 5.75 Å². The number of carboxylic acids is 1. The maximum absolute atomic E-state index is 10.8. The van der Waals surface area contributed by atoms with Crippen molar-refractivity contribution < 1.29 is 14.6 Å². The van der Waals surface area contributed by atoms with Gasteiger partial charge < -0.3 is 29.2 Å². The molecule has 0 bridgehead atoms. The number of imidazole rings is 2. The van der Waals surface area contributed by atoms with E-state index in [0.29, 0.717) is 30.8 Å². The first-order valence-electron chi connectivity index (χ1n) is 16.1. The van der Waals surface area contributed by atoms with Crippen LogP contribution in [0.15, 0.2) is 49.1 Å². The molecule has 4 heterocycles. The molecule has 2 saturated heterocycles. The van der Waals surface area contributed by atoms with E-state index in [2.05, 4.69) is 49.3 Å². The molecule has 0 saturated carbocycles. The molecule has 0 amide bonds. The Bertz CT molecular complexity index is 1250. The number of ether oxygens (including phenoxy) is 1. The average Bonchev–Trinajstić information content (AvgIpc) is 3.77. The zero-order valence-corrected chi connectivity index (χ0v) is 26.0. The van der Waals surface area contributed by atoms with Gasteiger partial charge in [0.25, 0.3) is 0 Å². The van der Waals surface area contributed by atoms with E-state index in [9.17, 15) is 4.79 Å². The van der Waals surface area contributed by atoms with Gasteiger partial charge in [0.05, 0.1) is 13.1 Å². The summed E-state index contributed by atoms with van der Waals surface area (Å²) in [6.07, 6.45) is 15.4. The van der Waals surface area contributed by atoms with Crippen LogP contribution in [0, 0.1) is 5.41 Å². The monoisotopic (exact) mass is 591 g/mol. The van der Waals surface area contributed by atoms with Gasteiger partial charge >= 0.3 is 5.97 Å². The third-order valence-corrected chi connectivity index (χ3v) is 9.50. The van der Waals surface area contributed by atoms with Crippen molar-refractivity contribution in [1.82, 2.24) is 34.2 Å². The normalized spacial score (nSPS) is 17.4. The number of H-pyrrole nitrogens is 1. The topological polar surface area (TPSA) is 103 Å². The molecule has 2 aromatic heterocycles. The number of aromatic nitrogens is 4. The number of piperidine rings is 1. The molecular formula is C33H49N7O3. The minimum Gasteiger partial charge on any atom is -0.482 e. The van der Waals surface area contributed by atoms with Crippen LogP contribution in [0.3, 0.4) is 0 Å². The molecule has 3 aromatic rings. The van der Waals surface area contributed by atoms with Crippen LogP contribution in [0.25, 0.3) is 0 Å². The number of rotatable bonds is 16. The lowest BCUT2D eigenvalue weighted by molar-refractivity contribution is -0.139. The minimum absolute atomic E-state index is 0.345. The fourth-order valence-electron chi connectivity index (χ4n) is 7.01. The fraction of sp³-hybridized carbons (Fsp3) is 0.606. The molecule has 1 aromatic carbocycles. The summed E-state index contributed by atoms with van der Waals surface area (Å²) in [6, 6.07) is 8.38. The maximum Gasteiger partial charge on any atom is 0.341 e. The number of aromatic amines is 1. The summed E-state index contributed by atoms with van der Waals surface area (Å²) < 4.78 is 7.60. The average molecular weight is 592 g/mol. The zero-order valence-electron chi connectivity index (χ0n) is 26.0. The Morgan fingerprint density at radius 1 is 1.02 bits per heavy atom. The first kappa shape index (κ1) is 31.2. The third-order valence-electron chi connectivity index (χ3n) is 9.50. The number of aryl methyl sites for hydroxylation is 1. The molecule has 0 unspecified atom stereocenters. The Morgan fingerprint density at radius 3 is 2.49 bits per heavy atom. The Morgan fingerprint density at radius 2 is 1.79 bits per heavy atom. The summed E-state index contributed by atoms with van der Waals surface area (Å²) in [4.78, 5) is 31.0. The smallest absolute Gasteiger partial charge is 0.341 e. The van der Waals surface area contributed by atoms with Gasteiger partial charge in [-0.3, -0.25) is 4.90 Å². The predicted octanol–water partition coefficient (Wildman–Crippen LogP) is 4.64. The van der Waals surface area contributed by atoms with Crippen molar-refractivity contribution in [2.45, 2.75) is 84.6 Å². The predicted molar refractivity (Wildman–Crippen MR) is 167 cm³/mol. The van der Waals surface area contributed by atoms with Crippen LogP contribution in [0.4, 0.5) is 0 Å². The lowest BCUT2D eigenvalue weighted by atomic mass is 9.77. The summed E-state index contributed by atoms with van der Waals surface area (Å²) in [7, 11) is 0. The summed E-state index contributed by atoms with van der Waals surface area (Å²) >= 11 is 0. The first-order valence-corrected chi connectivity index (χ1v) is 16.1. The minimum atomic E-state index is -0.985. The van der Waals surface area contributed by atoms with Gasteiger partial charge in [-0.2, -0.15) is 0 Å². The van der Waals surface area contributed by atoms with Crippen molar-refractivity contribution in [3.05, 3.63) is 66.3 Å². The number of carbonyl (C=O) groups is 1. The van der Waals surface area contributed by atoms with Gasteiger partial charge in [-0.15, -0.1) is 0 Å². The fourth-order valence-corrected chi connectivity index (χ4v) is 7.01. The van der Waals surface area contributed by atoms with E-state index in [0.717, 1.165) is 42.8 Å². The highest BCUT2D eigenvalue weighted by atomic mass is 16.5. The number of likely N-dealkylation sites (tertiary alicyclic amines) is 2. The van der Waals surface area contributed by atoms with E-state index in [1.54, 1.807) is 6.20 Å². The molecule has 2 aliphatic heterocycles. The summed E-state index contributed by atoms with van der Waals surface area (Å²) in [5.41, 5.74) is 1.65. The Balaban J connectivity index is 1.12. The third kappa shape index (κ3) is 8.68. The number of nitrogens with zero attached hydrogens (tertiary/aromatic N) is 6. The van der Waals surface area contributed by atoms with E-state index >= 15 is 0 Å². The molecule has 2 aliphatic rings. The second-order valence-corrected chi connectivity index (χ2v) is 12.4. The van der Waals surface area contributed by atoms with E-state index < -0.39 is 5.97 Å². The van der Waals surface area contributed by atoms with Gasteiger partial charge in [-0.1, -0.05) is 26.0 Å². The Kier molecular flexibility index (Phi) is 10.9. The van der Waals surface area contributed by atoms with Crippen LogP contribution in [-0.4, -0.2) is 90.7 Å². The molecule has 0 aliphatic carbocycles. The van der Waals surface area contributed by atoms with E-state index in [-0.39, 0.29) is 6.61 Å². The highest BCUT2D eigenvalue weighted by Crippen LogP contribution is 2.41. The molecule has 0 atom stereocenters. The standard InChI is InChI=1S/C33H49N7O3/c1-3-28(4-2)39-19-11-33(12-20-39)10-18-37(26-33)16-5-17-40-21-15-36-31(40)24-38(23-30-34-13-14-35-30)22-27-6-8-29(9-7-27)43-25-32(41)42/h6-9,13-15,21,28H,3-5,10-12,16-20,22-26H2,1-2H3,(H,34,35)(H,41,42). The summed E-state index contributed by atoms with van der Waals surface area (Å²) in [5.74, 6) is 1.53. The number of nitrogens with one attached hydrogen (secondary N) is 1. The lowest BCUT2D eigenvalue weighted by Gasteiger charge is -2.42. The van der Waals surface area contributed by atoms with E-state index in [1.807, 2.05) is 36.7 Å². The number of benzene rings is 1.